The van der Waals surface area contributed by atoms with Crippen molar-refractivity contribution in [1.82, 2.24) is 4.73 Å². The van der Waals surface area contributed by atoms with E-state index in [0.29, 0.717) is 0 Å². The molecule has 8 nitrogen and oxygen atoms in total. The van der Waals surface area contributed by atoms with Crippen molar-refractivity contribution < 1.29 is 24.4 Å². The van der Waals surface area contributed by atoms with Crippen LogP contribution < -0.4 is 9.64 Å². The molecule has 1 heterocycles. The Morgan fingerprint density at radius 2 is 2.21 bits per heavy atom. The van der Waals surface area contributed by atoms with E-state index in [1.165, 1.54) is 19.6 Å². The third-order valence-corrected chi connectivity index (χ3v) is 2.85. The Morgan fingerprint density at radius 1 is 1.53 bits per heavy atom. The third-order valence-electron chi connectivity index (χ3n) is 1.81. The SMILES string of the molecule is CON=C(C(=O)O)c1csc(=NC(=O)CCl)n1OC. The summed E-state index contributed by atoms with van der Waals surface area (Å²) in [6, 6.07) is 0. The molecule has 10 heteroatoms. The van der Waals surface area contributed by atoms with Gasteiger partial charge in [-0.1, -0.05) is 5.16 Å². The van der Waals surface area contributed by atoms with Gasteiger partial charge in [0, 0.05) is 5.38 Å². The molecule has 0 radical (unpaired) electrons. The number of amides is 1. The summed E-state index contributed by atoms with van der Waals surface area (Å²) in [5.74, 6) is -2.16. The molecule has 0 unspecified atom stereocenters. The van der Waals surface area contributed by atoms with E-state index >= 15 is 0 Å². The van der Waals surface area contributed by atoms with Crippen LogP contribution in [0, 0.1) is 0 Å². The van der Waals surface area contributed by atoms with E-state index in [1.54, 1.807) is 0 Å². The maximum atomic E-state index is 11.2. The number of carboxylic acid groups (broad SMARTS) is 1. The van der Waals surface area contributed by atoms with Crippen molar-refractivity contribution in [2.24, 2.45) is 10.1 Å². The Balaban J connectivity index is 3.39. The average molecular weight is 308 g/mol. The molecule has 0 bridgehead atoms. The number of rotatable bonds is 5. The summed E-state index contributed by atoms with van der Waals surface area (Å²) in [4.78, 5) is 35.5. The number of hydrogen-bond acceptors (Lipinski definition) is 6. The third kappa shape index (κ3) is 3.55. The number of halogens is 1. The zero-order valence-electron chi connectivity index (χ0n) is 9.99. The van der Waals surface area contributed by atoms with E-state index in [1.807, 2.05) is 0 Å². The molecule has 0 aromatic carbocycles. The number of hydrogen-bond donors (Lipinski definition) is 1. The molecule has 1 amide bonds. The van der Waals surface area contributed by atoms with E-state index in [2.05, 4.69) is 15.0 Å². The Labute approximate surface area is 116 Å². The maximum Gasteiger partial charge on any atom is 0.360 e. The minimum Gasteiger partial charge on any atom is -0.476 e. The van der Waals surface area contributed by atoms with Crippen LogP contribution in [0.1, 0.15) is 5.69 Å². The first-order valence-electron chi connectivity index (χ1n) is 4.78. The van der Waals surface area contributed by atoms with Crippen molar-refractivity contribution in [1.29, 1.82) is 0 Å². The molecule has 0 aliphatic carbocycles. The van der Waals surface area contributed by atoms with Crippen molar-refractivity contribution in [3.05, 3.63) is 15.9 Å². The lowest BCUT2D eigenvalue weighted by atomic mass is 10.3. The summed E-state index contributed by atoms with van der Waals surface area (Å²) in [6.07, 6.45) is 0. The number of oxime groups is 1. The fourth-order valence-electron chi connectivity index (χ4n) is 1.13. The second kappa shape index (κ2) is 6.90. The normalized spacial score (nSPS) is 12.4. The average Bonchev–Trinajstić information content (AvgIpc) is 2.77. The lowest BCUT2D eigenvalue weighted by Crippen LogP contribution is -2.29. The van der Waals surface area contributed by atoms with Crippen LogP contribution in [0.25, 0.3) is 0 Å². The van der Waals surface area contributed by atoms with Crippen molar-refractivity contribution in [2.75, 3.05) is 20.1 Å². The van der Waals surface area contributed by atoms with E-state index in [9.17, 15) is 9.59 Å². The number of aliphatic carboxylic acids is 1. The molecular formula is C9H10ClN3O5S. The number of carboxylic acids is 1. The maximum absolute atomic E-state index is 11.2. The minimum atomic E-state index is -1.30. The van der Waals surface area contributed by atoms with Gasteiger partial charge in [-0.05, 0) is 0 Å². The number of thiazole rings is 1. The predicted octanol–water partition coefficient (Wildman–Crippen LogP) is -0.291. The smallest absolute Gasteiger partial charge is 0.360 e. The zero-order valence-corrected chi connectivity index (χ0v) is 11.6. The van der Waals surface area contributed by atoms with Gasteiger partial charge in [-0.25, -0.2) is 4.79 Å². The van der Waals surface area contributed by atoms with Gasteiger partial charge in [0.2, 0.25) is 10.5 Å². The van der Waals surface area contributed by atoms with E-state index in [0.717, 1.165) is 16.1 Å². The van der Waals surface area contributed by atoms with E-state index < -0.39 is 11.9 Å². The zero-order chi connectivity index (χ0) is 14.4. The quantitative estimate of drug-likeness (QED) is 0.457. The molecule has 1 aromatic heterocycles. The van der Waals surface area contributed by atoms with Crippen LogP contribution in [0.5, 0.6) is 0 Å². The van der Waals surface area contributed by atoms with Crippen molar-refractivity contribution in [3.63, 3.8) is 0 Å². The number of alkyl halides is 1. The molecule has 104 valence electrons. The highest BCUT2D eigenvalue weighted by atomic mass is 35.5. The van der Waals surface area contributed by atoms with Crippen LogP contribution >= 0.6 is 22.9 Å². The van der Waals surface area contributed by atoms with Gasteiger partial charge in [-0.2, -0.15) is 9.72 Å². The Bertz CT molecular complexity index is 577. The van der Waals surface area contributed by atoms with Crippen LogP contribution in [-0.4, -0.2) is 47.5 Å². The molecule has 19 heavy (non-hydrogen) atoms. The minimum absolute atomic E-state index is 0.1000. The van der Waals surface area contributed by atoms with Crippen molar-refractivity contribution in [3.8, 4) is 0 Å². The second-order valence-corrected chi connectivity index (χ2v) is 4.05. The van der Waals surface area contributed by atoms with Gasteiger partial charge in [0.25, 0.3) is 5.91 Å². The van der Waals surface area contributed by atoms with Crippen LogP contribution in [0.2, 0.25) is 0 Å². The molecule has 0 fully saturated rings. The molecule has 0 saturated carbocycles. The number of nitrogens with zero attached hydrogens (tertiary/aromatic N) is 3. The molecule has 1 rings (SSSR count). The Hall–Kier alpha value is -1.87. The van der Waals surface area contributed by atoms with Crippen LogP contribution in [0.15, 0.2) is 15.5 Å². The first kappa shape index (κ1) is 15.2. The Morgan fingerprint density at radius 3 is 2.68 bits per heavy atom. The number of carbonyl (C=O) groups is 2. The summed E-state index contributed by atoms with van der Waals surface area (Å²) < 4.78 is 1.06. The van der Waals surface area contributed by atoms with E-state index in [-0.39, 0.29) is 22.1 Å². The molecule has 0 aliphatic rings. The lowest BCUT2D eigenvalue weighted by molar-refractivity contribution is -0.129. The van der Waals surface area contributed by atoms with Crippen LogP contribution in [-0.2, 0) is 14.4 Å². The monoisotopic (exact) mass is 307 g/mol. The number of aromatic nitrogens is 1. The van der Waals surface area contributed by atoms with Crippen LogP contribution in [0.4, 0.5) is 0 Å². The summed E-state index contributed by atoms with van der Waals surface area (Å²) in [6.45, 7) is 0. The molecule has 0 aliphatic heterocycles. The Kier molecular flexibility index (Phi) is 5.52. The van der Waals surface area contributed by atoms with Crippen LogP contribution in [0.3, 0.4) is 0 Å². The molecule has 0 saturated heterocycles. The van der Waals surface area contributed by atoms with Crippen molar-refractivity contribution in [2.45, 2.75) is 0 Å². The van der Waals surface area contributed by atoms with Gasteiger partial charge in [-0.15, -0.1) is 22.9 Å². The standard InChI is InChI=1S/C9H10ClN3O5S/c1-17-12-7(8(15)16)5-4-19-9(13(5)18-2)11-6(14)3-10/h4H,3H2,1-2H3,(H,15,16). The van der Waals surface area contributed by atoms with Gasteiger partial charge in [0.15, 0.2) is 0 Å². The van der Waals surface area contributed by atoms with Gasteiger partial charge < -0.3 is 14.8 Å². The molecule has 0 atom stereocenters. The van der Waals surface area contributed by atoms with Gasteiger partial charge in [0.05, 0.1) is 0 Å². The second-order valence-electron chi connectivity index (χ2n) is 2.95. The first-order chi connectivity index (χ1) is 9.04. The summed E-state index contributed by atoms with van der Waals surface area (Å²) in [7, 11) is 2.52. The first-order valence-corrected chi connectivity index (χ1v) is 6.20. The van der Waals surface area contributed by atoms with Crippen molar-refractivity contribution >= 4 is 40.5 Å². The summed E-state index contributed by atoms with van der Waals surface area (Å²) in [5, 5.41) is 13.8. The van der Waals surface area contributed by atoms with Gasteiger partial charge >= 0.3 is 5.97 Å². The highest BCUT2D eigenvalue weighted by molar-refractivity contribution is 7.07. The predicted molar refractivity (Wildman–Crippen MR) is 67.3 cm³/mol. The van der Waals surface area contributed by atoms with E-state index in [4.69, 9.17) is 21.5 Å². The van der Waals surface area contributed by atoms with Gasteiger partial charge in [-0.3, -0.25) is 4.79 Å². The topological polar surface area (TPSA) is 102 Å². The largest absolute Gasteiger partial charge is 0.476 e. The molecule has 0 spiro atoms. The highest BCUT2D eigenvalue weighted by Crippen LogP contribution is 2.04. The fraction of sp³-hybridized carbons (Fsp3) is 0.333. The molecular weight excluding hydrogens is 298 g/mol. The summed E-state index contributed by atoms with van der Waals surface area (Å²) >= 11 is 6.35. The molecule has 1 N–H and O–H groups in total. The summed E-state index contributed by atoms with van der Waals surface area (Å²) in [5.41, 5.74) is -0.275. The highest BCUT2D eigenvalue weighted by Gasteiger charge is 2.20. The molecule has 1 aromatic rings. The van der Waals surface area contributed by atoms with Gasteiger partial charge in [0.1, 0.15) is 25.8 Å². The lowest BCUT2D eigenvalue weighted by Gasteiger charge is -2.05. The fourth-order valence-corrected chi connectivity index (χ4v) is 2.04. The number of carbonyl (C=O) groups excluding carboxylic acids is 1.